The summed E-state index contributed by atoms with van der Waals surface area (Å²) in [6.45, 7) is 4.45. The van der Waals surface area contributed by atoms with Crippen molar-refractivity contribution in [3.63, 3.8) is 0 Å². The zero-order valence-corrected chi connectivity index (χ0v) is 21.2. The molecule has 0 aliphatic carbocycles. The van der Waals surface area contributed by atoms with Crippen LogP contribution in [0.2, 0.25) is 5.02 Å². The van der Waals surface area contributed by atoms with Crippen LogP contribution in [0.25, 0.3) is 5.70 Å². The fraction of sp³-hybridized carbons (Fsp3) is 0.222. The van der Waals surface area contributed by atoms with Gasteiger partial charge in [-0.25, -0.2) is 9.18 Å². The number of nitrogens with zero attached hydrogens (tertiary/aromatic N) is 1. The van der Waals surface area contributed by atoms with Crippen molar-refractivity contribution in [2.45, 2.75) is 32.9 Å². The summed E-state index contributed by atoms with van der Waals surface area (Å²) < 4.78 is 25.7. The third kappa shape index (κ3) is 5.29. The van der Waals surface area contributed by atoms with Crippen molar-refractivity contribution in [1.29, 1.82) is 0 Å². The lowest BCUT2D eigenvalue weighted by molar-refractivity contribution is 0.0526. The monoisotopic (exact) mass is 543 g/mol. The first-order valence-electron chi connectivity index (χ1n) is 11.0. The van der Waals surface area contributed by atoms with Gasteiger partial charge in [0.25, 0.3) is 0 Å². The molecule has 1 aliphatic heterocycles. The van der Waals surface area contributed by atoms with Crippen molar-refractivity contribution >= 4 is 44.9 Å². The number of carbonyl (C=O) groups is 1. The molecule has 1 heterocycles. The molecular weight excluding hydrogens is 521 g/mol. The van der Waals surface area contributed by atoms with E-state index in [2.05, 4.69) is 33.8 Å². The van der Waals surface area contributed by atoms with Crippen LogP contribution >= 0.6 is 27.5 Å². The topological polar surface area (TPSA) is 38.8 Å². The Labute approximate surface area is 212 Å². The maximum atomic E-state index is 13.4. The van der Waals surface area contributed by atoms with Gasteiger partial charge >= 0.3 is 5.97 Å². The molecule has 0 fully saturated rings. The molecule has 4 nitrogen and oxygen atoms in total. The van der Waals surface area contributed by atoms with Gasteiger partial charge in [-0.15, -0.1) is 0 Å². The van der Waals surface area contributed by atoms with E-state index in [-0.39, 0.29) is 24.4 Å². The summed E-state index contributed by atoms with van der Waals surface area (Å²) >= 11 is 9.76. The summed E-state index contributed by atoms with van der Waals surface area (Å²) in [4.78, 5) is 14.5. The predicted octanol–water partition coefficient (Wildman–Crippen LogP) is 7.64. The van der Waals surface area contributed by atoms with Crippen LogP contribution in [-0.4, -0.2) is 18.6 Å². The molecule has 176 valence electrons. The maximum absolute atomic E-state index is 13.4. The van der Waals surface area contributed by atoms with Gasteiger partial charge in [0, 0.05) is 33.0 Å². The van der Waals surface area contributed by atoms with Gasteiger partial charge in [0.2, 0.25) is 0 Å². The largest absolute Gasteiger partial charge is 0.488 e. The minimum absolute atomic E-state index is 0.186. The Bertz CT molecular complexity index is 1250. The van der Waals surface area contributed by atoms with Gasteiger partial charge < -0.3 is 14.4 Å². The first-order chi connectivity index (χ1) is 16.4. The van der Waals surface area contributed by atoms with Crippen LogP contribution in [0.4, 0.5) is 10.1 Å². The number of carbonyl (C=O) groups excluding carboxylic acids is 1. The molecule has 34 heavy (non-hydrogen) atoms. The quantitative estimate of drug-likeness (QED) is 0.287. The summed E-state index contributed by atoms with van der Waals surface area (Å²) in [5.41, 5.74) is 3.99. The van der Waals surface area contributed by atoms with E-state index < -0.39 is 0 Å². The van der Waals surface area contributed by atoms with E-state index in [4.69, 9.17) is 21.1 Å². The van der Waals surface area contributed by atoms with E-state index in [1.54, 1.807) is 19.1 Å². The average molecular weight is 545 g/mol. The van der Waals surface area contributed by atoms with Crippen LogP contribution in [0, 0.1) is 5.82 Å². The standard InChI is InChI=1S/C27H24BrClFNO3/c1-3-33-27(32)18-5-4-6-22(13-18)31-17(2)7-11-25(31)23-14-20(28)9-12-26(23)34-16-19-8-10-21(30)15-24(19)29/h4-6,8-15,17H,3,7,16H2,1-2H3. The van der Waals surface area contributed by atoms with Gasteiger partial charge in [0.1, 0.15) is 18.2 Å². The maximum Gasteiger partial charge on any atom is 0.338 e. The Morgan fingerprint density at radius 2 is 2.00 bits per heavy atom. The first kappa shape index (κ1) is 24.3. The fourth-order valence-corrected chi connectivity index (χ4v) is 4.56. The van der Waals surface area contributed by atoms with E-state index in [9.17, 15) is 9.18 Å². The minimum Gasteiger partial charge on any atom is -0.488 e. The van der Waals surface area contributed by atoms with Crippen molar-refractivity contribution in [2.75, 3.05) is 11.5 Å². The van der Waals surface area contributed by atoms with Gasteiger partial charge in [0.15, 0.2) is 0 Å². The number of halogens is 3. The third-order valence-electron chi connectivity index (χ3n) is 5.60. The first-order valence-corrected chi connectivity index (χ1v) is 12.2. The van der Waals surface area contributed by atoms with Crippen molar-refractivity contribution in [2.24, 2.45) is 0 Å². The normalized spacial score (nSPS) is 15.3. The van der Waals surface area contributed by atoms with Gasteiger partial charge in [-0.1, -0.05) is 45.7 Å². The lowest BCUT2D eigenvalue weighted by Gasteiger charge is -2.29. The molecule has 0 spiro atoms. The number of anilines is 1. The van der Waals surface area contributed by atoms with Crippen molar-refractivity contribution in [3.05, 3.63) is 98.7 Å². The lowest BCUT2D eigenvalue weighted by Crippen LogP contribution is -2.27. The highest BCUT2D eigenvalue weighted by molar-refractivity contribution is 9.10. The second-order valence-electron chi connectivity index (χ2n) is 7.98. The molecule has 1 aliphatic rings. The molecule has 4 rings (SSSR count). The fourth-order valence-electron chi connectivity index (χ4n) is 3.98. The zero-order valence-electron chi connectivity index (χ0n) is 18.9. The van der Waals surface area contributed by atoms with Gasteiger partial charge in [-0.2, -0.15) is 0 Å². The molecule has 0 saturated heterocycles. The van der Waals surface area contributed by atoms with Crippen molar-refractivity contribution in [1.82, 2.24) is 0 Å². The molecule has 1 atom stereocenters. The Morgan fingerprint density at radius 3 is 2.76 bits per heavy atom. The third-order valence-corrected chi connectivity index (χ3v) is 6.45. The van der Waals surface area contributed by atoms with Crippen molar-refractivity contribution in [3.8, 4) is 5.75 Å². The van der Waals surface area contributed by atoms with Crippen LogP contribution in [0.5, 0.6) is 5.75 Å². The molecular formula is C27H24BrClFNO3. The second-order valence-corrected chi connectivity index (χ2v) is 9.30. The smallest absolute Gasteiger partial charge is 0.338 e. The molecule has 1 unspecified atom stereocenters. The van der Waals surface area contributed by atoms with Gasteiger partial charge in [0.05, 0.1) is 17.2 Å². The molecule has 7 heteroatoms. The van der Waals surface area contributed by atoms with Gasteiger partial charge in [-0.05, 0) is 68.8 Å². The lowest BCUT2D eigenvalue weighted by atomic mass is 10.1. The molecule has 0 saturated carbocycles. The molecule has 0 bridgehead atoms. The number of hydrogen-bond acceptors (Lipinski definition) is 4. The molecule has 0 amide bonds. The molecule has 0 N–H and O–H groups in total. The number of esters is 1. The highest BCUT2D eigenvalue weighted by Gasteiger charge is 2.28. The number of benzene rings is 3. The van der Waals surface area contributed by atoms with Crippen LogP contribution in [0.1, 0.15) is 41.8 Å². The molecule has 0 aromatic heterocycles. The zero-order chi connectivity index (χ0) is 24.2. The summed E-state index contributed by atoms with van der Waals surface area (Å²) in [5, 5.41) is 0.324. The van der Waals surface area contributed by atoms with Crippen LogP contribution < -0.4 is 9.64 Å². The summed E-state index contributed by atoms with van der Waals surface area (Å²) in [6, 6.07) is 17.7. The molecule has 3 aromatic carbocycles. The highest BCUT2D eigenvalue weighted by Crippen LogP contribution is 2.40. The van der Waals surface area contributed by atoms with E-state index in [1.165, 1.54) is 12.1 Å². The number of rotatable bonds is 7. The van der Waals surface area contributed by atoms with Crippen molar-refractivity contribution < 1.29 is 18.7 Å². The van der Waals surface area contributed by atoms with E-state index >= 15 is 0 Å². The molecule has 0 radical (unpaired) electrons. The highest BCUT2D eigenvalue weighted by atomic mass is 79.9. The Kier molecular flexibility index (Phi) is 7.59. The second kappa shape index (κ2) is 10.6. The Balaban J connectivity index is 1.66. The number of hydrogen-bond donors (Lipinski definition) is 0. The summed E-state index contributed by atoms with van der Waals surface area (Å²) in [5.74, 6) is -0.0521. The summed E-state index contributed by atoms with van der Waals surface area (Å²) in [6.07, 6.45) is 3.01. The Morgan fingerprint density at radius 1 is 1.18 bits per heavy atom. The summed E-state index contributed by atoms with van der Waals surface area (Å²) in [7, 11) is 0. The van der Waals surface area contributed by atoms with Crippen LogP contribution in [0.15, 0.2) is 71.2 Å². The SMILES string of the molecule is CCOC(=O)c1cccc(N2C(c3cc(Br)ccc3OCc3ccc(F)cc3Cl)=CCC2C)c1. The van der Waals surface area contributed by atoms with Crippen LogP contribution in [0.3, 0.4) is 0 Å². The number of ether oxygens (including phenoxy) is 2. The van der Waals surface area contributed by atoms with E-state index in [1.807, 2.05) is 36.4 Å². The average Bonchev–Trinajstić information content (AvgIpc) is 3.20. The van der Waals surface area contributed by atoms with Gasteiger partial charge in [-0.3, -0.25) is 0 Å². The minimum atomic E-state index is -0.385. The Hall–Kier alpha value is -2.83. The van der Waals surface area contributed by atoms with Crippen LogP contribution in [-0.2, 0) is 11.3 Å². The molecule has 3 aromatic rings. The predicted molar refractivity (Wildman–Crippen MR) is 137 cm³/mol. The van der Waals surface area contributed by atoms with E-state index in [0.29, 0.717) is 28.5 Å². The van der Waals surface area contributed by atoms with E-state index in [0.717, 1.165) is 27.8 Å².